The number of halogens is 1. The largest absolute Gasteiger partial charge is 0.347 e. The van der Waals surface area contributed by atoms with E-state index < -0.39 is 17.5 Å². The third-order valence-corrected chi connectivity index (χ3v) is 10.6. The van der Waals surface area contributed by atoms with Crippen LogP contribution in [-0.4, -0.2) is 11.8 Å². The van der Waals surface area contributed by atoms with Crippen molar-refractivity contribution in [3.8, 4) is 0 Å². The highest BCUT2D eigenvalue weighted by Crippen LogP contribution is 2.57. The summed E-state index contributed by atoms with van der Waals surface area (Å²) in [5, 5.41) is 9.24. The number of rotatable bonds is 9. The number of carbonyl (C=O) groups is 2. The van der Waals surface area contributed by atoms with Gasteiger partial charge in [0.15, 0.2) is 0 Å². The molecule has 5 aromatic carbocycles. The second kappa shape index (κ2) is 15.9. The van der Waals surface area contributed by atoms with Crippen molar-refractivity contribution in [3.63, 3.8) is 0 Å². The Hall–Kier alpha value is -4.66. The fourth-order valence-corrected chi connectivity index (χ4v) is 8.50. The predicted molar refractivity (Wildman–Crippen MR) is 165 cm³/mol. The molecule has 10 heteroatoms. The lowest BCUT2D eigenvalue weighted by Crippen LogP contribution is -2.68. The quantitative estimate of drug-likeness (QED) is 0.180. The normalized spacial score (nSPS) is 11.5. The van der Waals surface area contributed by atoms with Gasteiger partial charge in [-0.15, -0.1) is 10.2 Å². The maximum absolute atomic E-state index is 13.9. The van der Waals surface area contributed by atoms with Gasteiger partial charge in [0.1, 0.15) is 34.7 Å². The maximum Gasteiger partial charge on any atom is 0.271 e. The van der Waals surface area contributed by atoms with Gasteiger partial charge in [-0.1, -0.05) is 103 Å². The first-order chi connectivity index (χ1) is 21.7. The van der Waals surface area contributed by atoms with Gasteiger partial charge in [0.2, 0.25) is 0 Å². The van der Waals surface area contributed by atoms with Crippen LogP contribution in [0, 0.1) is 10.2 Å². The lowest BCUT2D eigenvalue weighted by molar-refractivity contribution is -2.00. The summed E-state index contributed by atoms with van der Waals surface area (Å²) < 4.78 is 34.0. The molecular weight excluding hydrogens is 611 g/mol. The molecule has 0 aliphatic rings. The van der Waals surface area contributed by atoms with Gasteiger partial charge in [-0.3, -0.25) is 9.59 Å². The molecule has 0 spiro atoms. The first kappa shape index (κ1) is 33.2. The van der Waals surface area contributed by atoms with Crippen LogP contribution in [-0.2, 0) is 11.3 Å². The maximum atomic E-state index is 13.9. The average Bonchev–Trinajstić information content (AvgIpc) is 3.07. The van der Waals surface area contributed by atoms with E-state index in [0.717, 1.165) is 21.5 Å². The van der Waals surface area contributed by atoms with Gasteiger partial charge >= 0.3 is 0 Å². The molecule has 0 bridgehead atoms. The summed E-state index contributed by atoms with van der Waals surface area (Å²) >= 11 is 0. The minimum absolute atomic E-state index is 0.217. The van der Waals surface area contributed by atoms with Crippen molar-refractivity contribution in [1.82, 2.24) is 10.6 Å². The van der Waals surface area contributed by atoms with Crippen LogP contribution in [0.5, 0.6) is 0 Å². The first-order valence-corrected chi connectivity index (χ1v) is 16.8. The second-order valence-electron chi connectivity index (χ2n) is 9.64. The zero-order valence-corrected chi connectivity index (χ0v) is 25.6. The van der Waals surface area contributed by atoms with Gasteiger partial charge in [0.25, 0.3) is 11.8 Å². The fourth-order valence-electron chi connectivity index (χ4n) is 4.66. The number of benzene rings is 5. The van der Waals surface area contributed by atoms with Crippen molar-refractivity contribution in [2.75, 3.05) is 0 Å². The summed E-state index contributed by atoms with van der Waals surface area (Å²) in [6, 6.07) is 49.3. The molecule has 0 unspecified atom stereocenters. The summed E-state index contributed by atoms with van der Waals surface area (Å²) in [7, 11) is -7.49. The minimum atomic E-state index is -4.94. The van der Waals surface area contributed by atoms with E-state index in [4.69, 9.17) is 18.6 Å². The Bertz CT molecular complexity index is 1580. The Morgan fingerprint density at radius 1 is 0.578 bits per heavy atom. The highest BCUT2D eigenvalue weighted by Gasteiger charge is 2.45. The Kier molecular flexibility index (Phi) is 11.7. The van der Waals surface area contributed by atoms with Crippen LogP contribution in [0.4, 0.5) is 0 Å². The van der Waals surface area contributed by atoms with Gasteiger partial charge in [-0.05, 0) is 54.1 Å². The van der Waals surface area contributed by atoms with Crippen molar-refractivity contribution in [1.29, 1.82) is 0 Å². The van der Waals surface area contributed by atoms with Gasteiger partial charge in [-0.25, -0.2) is 18.6 Å². The molecule has 2 N–H and O–H groups in total. The van der Waals surface area contributed by atoms with Gasteiger partial charge < -0.3 is 10.6 Å². The lowest BCUT2D eigenvalue weighted by Gasteiger charge is -2.25. The Labute approximate surface area is 264 Å². The second-order valence-corrected chi connectivity index (χ2v) is 13.6. The summed E-state index contributed by atoms with van der Waals surface area (Å²) in [5.74, 6) is 1.31. The monoisotopic (exact) mass is 640 g/mol. The zero-order chi connectivity index (χ0) is 32.1. The number of hydrogen-bond acceptors (Lipinski definition) is 6. The fraction of sp³-hybridized carbons (Fsp3) is 0.0286. The molecule has 228 valence electrons. The average molecular weight is 641 g/mol. The lowest BCUT2D eigenvalue weighted by atomic mass is 10.2. The minimum Gasteiger partial charge on any atom is -0.347 e. The van der Waals surface area contributed by atoms with E-state index in [0.29, 0.717) is 12.1 Å². The van der Waals surface area contributed by atoms with Crippen LogP contribution in [0.1, 0.15) is 15.9 Å². The van der Waals surface area contributed by atoms with Crippen LogP contribution in [0.3, 0.4) is 0 Å². The molecule has 0 saturated heterocycles. The molecule has 2 amide bonds. The number of amides is 2. The molecule has 0 heterocycles. The molecular formula is C35H30ClN2O6P. The molecule has 45 heavy (non-hydrogen) atoms. The third kappa shape index (κ3) is 9.66. The molecule has 0 radical (unpaired) electrons. The van der Waals surface area contributed by atoms with Gasteiger partial charge in [-0.2, -0.15) is 0 Å². The predicted octanol–water partition coefficient (Wildman–Crippen LogP) is 0.812. The Morgan fingerprint density at radius 3 is 1.33 bits per heavy atom. The van der Waals surface area contributed by atoms with Crippen molar-refractivity contribution >= 4 is 35.0 Å². The van der Waals surface area contributed by atoms with Crippen LogP contribution in [0.15, 0.2) is 163 Å². The number of nitrogens with one attached hydrogen (secondary N) is 2. The molecule has 0 aliphatic carbocycles. The van der Waals surface area contributed by atoms with Gasteiger partial charge in [0, 0.05) is 12.1 Å². The highest BCUT2D eigenvalue weighted by molar-refractivity contribution is 7.98. The highest BCUT2D eigenvalue weighted by atomic mass is 35.7. The summed E-state index contributed by atoms with van der Waals surface area (Å²) in [6.45, 7) is 0.339. The molecule has 0 aliphatic heterocycles. The molecule has 0 aromatic heterocycles. The summed E-state index contributed by atoms with van der Waals surface area (Å²) in [6.07, 6.45) is 0. The molecule has 0 atom stereocenters. The van der Waals surface area contributed by atoms with E-state index in [9.17, 15) is 9.59 Å². The topological polar surface area (TPSA) is 150 Å². The zero-order valence-electron chi connectivity index (χ0n) is 24.0. The van der Waals surface area contributed by atoms with Crippen molar-refractivity contribution < 1.29 is 38.5 Å². The first-order valence-electron chi connectivity index (χ1n) is 13.8. The third-order valence-electron chi connectivity index (χ3n) is 6.64. The van der Waals surface area contributed by atoms with Crippen LogP contribution < -0.4 is 45.2 Å². The number of hydrogen-bond donors (Lipinski definition) is 2. The van der Waals surface area contributed by atoms with Crippen LogP contribution in [0.25, 0.3) is 0 Å². The standard InChI is InChI=1S/C35H29N2O2P.ClHO4/c38-34(29-18-8-2-9-19-29)37-33(35(39)36-26-28-16-6-1-7-17-28)27-40(30-20-10-3-11-21-30,31-22-12-4-13-23-31)32-24-14-5-15-25-32;2-1(3,4)5/h1-25,27H,26H2,(H-,36,37,38,39);(H,2,3,4,5)/b33-27-;. The van der Waals surface area contributed by atoms with Crippen molar-refractivity contribution in [2.45, 2.75) is 6.54 Å². The van der Waals surface area contributed by atoms with E-state index in [1.165, 1.54) is 0 Å². The van der Waals surface area contributed by atoms with Crippen LogP contribution in [0.2, 0.25) is 0 Å². The molecule has 0 fully saturated rings. The molecule has 8 nitrogen and oxygen atoms in total. The molecule has 5 rings (SSSR count). The molecule has 0 saturated carbocycles. The van der Waals surface area contributed by atoms with E-state index in [1.807, 2.05) is 109 Å². The summed E-state index contributed by atoms with van der Waals surface area (Å²) in [4.78, 5) is 27.3. The van der Waals surface area contributed by atoms with Crippen LogP contribution >= 0.6 is 7.26 Å². The Morgan fingerprint density at radius 2 is 0.933 bits per heavy atom. The SMILES string of the molecule is O=C(NCc1ccccc1)/C(=C/[P+](c1ccccc1)(c1ccccc1)c1ccccc1)NC(=O)c1ccccc1.[O-][Cl+3]([O-])([O-])[O-]. The smallest absolute Gasteiger partial charge is 0.271 e. The van der Waals surface area contributed by atoms with Gasteiger partial charge in [0.05, 0.1) is 0 Å². The van der Waals surface area contributed by atoms with E-state index >= 15 is 0 Å². The van der Waals surface area contributed by atoms with E-state index in [2.05, 4.69) is 47.0 Å². The molecule has 5 aromatic rings. The van der Waals surface area contributed by atoms with Crippen molar-refractivity contribution in [3.05, 3.63) is 174 Å². The Balaban J connectivity index is 0.000000854. The van der Waals surface area contributed by atoms with E-state index in [1.54, 1.807) is 12.1 Å². The summed E-state index contributed by atoms with van der Waals surface area (Å²) in [5.41, 5.74) is 1.67. The van der Waals surface area contributed by atoms with Crippen molar-refractivity contribution in [2.24, 2.45) is 0 Å². The van der Waals surface area contributed by atoms with E-state index in [-0.39, 0.29) is 17.5 Å². The number of carbonyl (C=O) groups excluding carboxylic acids is 2.